The molecule has 188 valence electrons. The predicted octanol–water partition coefficient (Wildman–Crippen LogP) is 5.40. The Morgan fingerprint density at radius 1 is 0.857 bits per heavy atom. The number of benzene rings is 2. The van der Waals surface area contributed by atoms with Gasteiger partial charge in [-0.25, -0.2) is 4.68 Å². The lowest BCUT2D eigenvalue weighted by Gasteiger charge is -2.03. The molecule has 35 heavy (non-hydrogen) atoms. The summed E-state index contributed by atoms with van der Waals surface area (Å²) in [4.78, 5) is 10.9. The average molecular weight is 627 g/mol. The van der Waals surface area contributed by atoms with Crippen molar-refractivity contribution in [2.45, 2.75) is 0 Å². The van der Waals surface area contributed by atoms with Crippen LogP contribution in [0.5, 0.6) is 5.88 Å². The molecule has 4 aromatic rings. The van der Waals surface area contributed by atoms with E-state index in [2.05, 4.69) is 26.1 Å². The van der Waals surface area contributed by atoms with E-state index < -0.39 is 0 Å². The van der Waals surface area contributed by atoms with Gasteiger partial charge in [-0.1, -0.05) is 62.3 Å². The van der Waals surface area contributed by atoms with Crippen LogP contribution in [0.15, 0.2) is 65.7 Å². The highest BCUT2D eigenvalue weighted by atomic mass is 79.9. The van der Waals surface area contributed by atoms with Crippen LogP contribution in [-0.2, 0) is 0 Å². The second-order valence-electron chi connectivity index (χ2n) is 6.44. The fourth-order valence-electron chi connectivity index (χ4n) is 2.43. The van der Waals surface area contributed by atoms with Gasteiger partial charge < -0.3 is 14.9 Å². The average Bonchev–Trinajstić information content (AvgIpc) is 3.51. The zero-order valence-corrected chi connectivity index (χ0v) is 22.7. The highest BCUT2D eigenvalue weighted by Gasteiger charge is 2.04. The standard InChI is InChI=1S/C11H10Cl2N2O2.C9H6Cl2N2O.C2H5BrO/c12-9-2-1-8(7-10(9)13)15-4-3-11(14-15)17-6-5-16;10-7-2-1-6(5-8(7)11)13-4-3-9(14)12-13;3-1-2-4/h1-4,7,16H,5-6H2;1-5H,(H,12,14);4H,1-2H2. The molecular formula is C22H21BrCl4N4O4. The van der Waals surface area contributed by atoms with Crippen LogP contribution >= 0.6 is 62.3 Å². The zero-order chi connectivity index (χ0) is 25.8. The molecule has 0 atom stereocenters. The molecule has 0 saturated heterocycles. The Kier molecular flexibility index (Phi) is 12.7. The Hall–Kier alpha value is -1.98. The zero-order valence-electron chi connectivity index (χ0n) is 18.0. The van der Waals surface area contributed by atoms with E-state index >= 15 is 0 Å². The Morgan fingerprint density at radius 2 is 1.46 bits per heavy atom. The van der Waals surface area contributed by atoms with Crippen molar-refractivity contribution in [1.82, 2.24) is 19.6 Å². The summed E-state index contributed by atoms with van der Waals surface area (Å²) in [5.74, 6) is 0.449. The van der Waals surface area contributed by atoms with Gasteiger partial charge in [-0.3, -0.25) is 14.6 Å². The summed E-state index contributed by atoms with van der Waals surface area (Å²) in [5, 5.41) is 25.8. The quantitative estimate of drug-likeness (QED) is 0.249. The van der Waals surface area contributed by atoms with E-state index in [9.17, 15) is 4.79 Å². The molecule has 2 aromatic heterocycles. The van der Waals surface area contributed by atoms with Crippen molar-refractivity contribution in [2.75, 3.05) is 25.2 Å². The van der Waals surface area contributed by atoms with Crippen molar-refractivity contribution in [1.29, 1.82) is 0 Å². The van der Waals surface area contributed by atoms with Gasteiger partial charge in [-0.2, -0.15) is 0 Å². The third kappa shape index (κ3) is 9.53. The topological polar surface area (TPSA) is 105 Å². The SMILES string of the molecule is O=c1ccn(-c2ccc(Cl)c(Cl)c2)[nH]1.OCCBr.OCCOc1ccn(-c2ccc(Cl)c(Cl)c2)n1. The first-order valence-electron chi connectivity index (χ1n) is 9.93. The number of nitrogens with one attached hydrogen (secondary N) is 1. The molecule has 8 nitrogen and oxygen atoms in total. The first-order chi connectivity index (χ1) is 16.8. The monoisotopic (exact) mass is 624 g/mol. The molecule has 0 fully saturated rings. The molecule has 0 saturated carbocycles. The number of aromatic amines is 1. The Balaban J connectivity index is 0.000000217. The Bertz CT molecular complexity index is 1260. The highest BCUT2D eigenvalue weighted by molar-refractivity contribution is 9.09. The van der Waals surface area contributed by atoms with Crippen LogP contribution in [0.2, 0.25) is 20.1 Å². The van der Waals surface area contributed by atoms with Gasteiger partial charge in [0.25, 0.3) is 5.56 Å². The van der Waals surface area contributed by atoms with E-state index in [1.165, 1.54) is 6.07 Å². The minimum atomic E-state index is -0.156. The van der Waals surface area contributed by atoms with E-state index in [1.807, 2.05) is 0 Å². The second kappa shape index (κ2) is 15.2. The fourth-order valence-corrected chi connectivity index (χ4v) is 3.01. The van der Waals surface area contributed by atoms with Gasteiger partial charge >= 0.3 is 0 Å². The van der Waals surface area contributed by atoms with Crippen LogP contribution in [0.3, 0.4) is 0 Å². The van der Waals surface area contributed by atoms with Gasteiger partial charge in [0.2, 0.25) is 5.88 Å². The number of hydrogen-bond acceptors (Lipinski definition) is 5. The normalized spacial score (nSPS) is 10.1. The number of rotatable bonds is 6. The van der Waals surface area contributed by atoms with Crippen LogP contribution in [0.25, 0.3) is 11.4 Å². The van der Waals surface area contributed by atoms with Gasteiger partial charge in [-0.05, 0) is 36.4 Å². The van der Waals surface area contributed by atoms with Crippen molar-refractivity contribution in [3.63, 3.8) is 0 Å². The van der Waals surface area contributed by atoms with Crippen LogP contribution in [0.1, 0.15) is 0 Å². The molecule has 4 rings (SSSR count). The van der Waals surface area contributed by atoms with Gasteiger partial charge in [0.1, 0.15) is 6.61 Å². The number of aliphatic hydroxyl groups excluding tert-OH is 2. The summed E-state index contributed by atoms with van der Waals surface area (Å²) in [7, 11) is 0. The third-order valence-electron chi connectivity index (χ3n) is 3.95. The van der Waals surface area contributed by atoms with E-state index in [1.54, 1.807) is 64.2 Å². The van der Waals surface area contributed by atoms with Crippen molar-refractivity contribution in [3.8, 4) is 17.3 Å². The molecule has 13 heteroatoms. The minimum absolute atomic E-state index is 0.0420. The summed E-state index contributed by atoms with van der Waals surface area (Å²) >= 11 is 26.3. The minimum Gasteiger partial charge on any atom is -0.474 e. The second-order valence-corrected chi connectivity index (χ2v) is 8.86. The molecular weight excluding hydrogens is 606 g/mol. The van der Waals surface area contributed by atoms with E-state index in [-0.39, 0.29) is 25.4 Å². The lowest BCUT2D eigenvalue weighted by atomic mass is 10.3. The van der Waals surface area contributed by atoms with E-state index in [0.29, 0.717) is 31.3 Å². The maximum atomic E-state index is 10.9. The summed E-state index contributed by atoms with van der Waals surface area (Å²) in [6.45, 7) is 0.415. The highest BCUT2D eigenvalue weighted by Crippen LogP contribution is 2.25. The van der Waals surface area contributed by atoms with Crippen LogP contribution in [0, 0.1) is 0 Å². The molecule has 0 spiro atoms. The molecule has 0 aliphatic heterocycles. The van der Waals surface area contributed by atoms with E-state index in [0.717, 1.165) is 11.4 Å². The molecule has 3 N–H and O–H groups in total. The maximum absolute atomic E-state index is 10.9. The van der Waals surface area contributed by atoms with Gasteiger partial charge in [-0.15, -0.1) is 5.10 Å². The van der Waals surface area contributed by atoms with Crippen LogP contribution in [-0.4, -0.2) is 54.9 Å². The van der Waals surface area contributed by atoms with Crippen LogP contribution < -0.4 is 10.3 Å². The van der Waals surface area contributed by atoms with Crippen molar-refractivity contribution < 1.29 is 14.9 Å². The molecule has 0 bridgehead atoms. The summed E-state index contributed by atoms with van der Waals surface area (Å²) in [6, 6.07) is 13.5. The van der Waals surface area contributed by atoms with Crippen molar-refractivity contribution >= 4 is 62.3 Å². The molecule has 0 amide bonds. The van der Waals surface area contributed by atoms with E-state index in [4.69, 9.17) is 61.4 Å². The Morgan fingerprint density at radius 3 is 1.97 bits per heavy atom. The van der Waals surface area contributed by atoms with Gasteiger partial charge in [0.05, 0.1) is 44.7 Å². The maximum Gasteiger partial charge on any atom is 0.264 e. The molecule has 2 aromatic carbocycles. The number of alkyl halides is 1. The number of nitrogens with zero attached hydrogens (tertiary/aromatic N) is 3. The molecule has 0 radical (unpaired) electrons. The van der Waals surface area contributed by atoms with Gasteiger partial charge in [0, 0.05) is 29.9 Å². The van der Waals surface area contributed by atoms with Crippen LogP contribution in [0.4, 0.5) is 0 Å². The smallest absolute Gasteiger partial charge is 0.264 e. The predicted molar refractivity (Wildman–Crippen MR) is 143 cm³/mol. The lowest BCUT2D eigenvalue weighted by molar-refractivity contribution is 0.196. The Labute approximate surface area is 229 Å². The summed E-state index contributed by atoms with van der Waals surface area (Å²) < 4.78 is 8.36. The lowest BCUT2D eigenvalue weighted by Crippen LogP contribution is -2.03. The number of aliphatic hydroxyl groups is 2. The number of H-pyrrole nitrogens is 1. The first-order valence-corrected chi connectivity index (χ1v) is 12.6. The summed E-state index contributed by atoms with van der Waals surface area (Å²) in [6.07, 6.45) is 3.37. The van der Waals surface area contributed by atoms with Crippen molar-refractivity contribution in [3.05, 3.63) is 91.4 Å². The number of hydrogen-bond donors (Lipinski definition) is 3. The molecule has 2 heterocycles. The van der Waals surface area contributed by atoms with Gasteiger partial charge in [0.15, 0.2) is 0 Å². The third-order valence-corrected chi connectivity index (χ3v) is 5.78. The first kappa shape index (κ1) is 29.3. The largest absolute Gasteiger partial charge is 0.474 e. The molecule has 0 aliphatic carbocycles. The fraction of sp³-hybridized carbons (Fsp3) is 0.182. The molecule has 0 unspecified atom stereocenters. The number of ether oxygens (including phenoxy) is 1. The number of halogens is 5. The molecule has 0 aliphatic rings. The van der Waals surface area contributed by atoms with Crippen molar-refractivity contribution in [2.24, 2.45) is 0 Å². The summed E-state index contributed by atoms with van der Waals surface area (Å²) in [5.41, 5.74) is 1.40. The number of aromatic nitrogens is 4.